The van der Waals surface area contributed by atoms with Crippen molar-refractivity contribution in [3.63, 3.8) is 0 Å². The Kier molecular flexibility index (Phi) is 2.60. The van der Waals surface area contributed by atoms with Crippen molar-refractivity contribution in [3.05, 3.63) is 23.8 Å². The highest BCUT2D eigenvalue weighted by atomic mass is 32.2. The number of benzene rings is 1. The number of carbonyl (C=O) groups excluding carboxylic acids is 1. The molecule has 0 atom stereocenters. The lowest BCUT2D eigenvalue weighted by Crippen LogP contribution is -2.20. The highest BCUT2D eigenvalue weighted by Gasteiger charge is 2.48. The fraction of sp³-hybridized carbons (Fsp3) is 0.462. The summed E-state index contributed by atoms with van der Waals surface area (Å²) in [7, 11) is -2.08. The predicted octanol–water partition coefficient (Wildman–Crippen LogP) is 1.45. The van der Waals surface area contributed by atoms with Crippen LogP contribution in [0.1, 0.15) is 23.2 Å². The third-order valence-electron chi connectivity index (χ3n) is 3.84. The van der Waals surface area contributed by atoms with Crippen LogP contribution in [0, 0.1) is 5.41 Å². The molecule has 0 amide bonds. The molecule has 1 aliphatic carbocycles. The van der Waals surface area contributed by atoms with Gasteiger partial charge in [-0.2, -0.15) is 0 Å². The average molecular weight is 281 g/mol. The first kappa shape index (κ1) is 12.5. The molecule has 6 heteroatoms. The van der Waals surface area contributed by atoms with Crippen LogP contribution < -0.4 is 5.32 Å². The molecule has 3 rings (SSSR count). The van der Waals surface area contributed by atoms with Crippen LogP contribution >= 0.6 is 0 Å². The van der Waals surface area contributed by atoms with Gasteiger partial charge in [-0.05, 0) is 31.0 Å². The van der Waals surface area contributed by atoms with E-state index in [4.69, 9.17) is 0 Å². The van der Waals surface area contributed by atoms with E-state index in [0.29, 0.717) is 12.2 Å². The largest absolute Gasteiger partial charge is 0.465 e. The Bertz CT molecular complexity index is 647. The summed E-state index contributed by atoms with van der Waals surface area (Å²) in [5.41, 5.74) is 0.735. The Morgan fingerprint density at radius 1 is 1.37 bits per heavy atom. The van der Waals surface area contributed by atoms with E-state index in [9.17, 15) is 13.2 Å². The maximum absolute atomic E-state index is 12.4. The lowest BCUT2D eigenvalue weighted by molar-refractivity contribution is 0.0600. The molecule has 1 spiro atoms. The van der Waals surface area contributed by atoms with Crippen LogP contribution in [-0.2, 0) is 14.6 Å². The van der Waals surface area contributed by atoms with E-state index >= 15 is 0 Å². The summed E-state index contributed by atoms with van der Waals surface area (Å²) >= 11 is 0. The molecular weight excluding hydrogens is 266 g/mol. The van der Waals surface area contributed by atoms with E-state index in [0.717, 1.165) is 12.8 Å². The van der Waals surface area contributed by atoms with E-state index in [-0.39, 0.29) is 21.6 Å². The SMILES string of the molecule is COC(=O)c1ccc2c(c1)S(=O)(=O)CC1(CC1)CN2. The van der Waals surface area contributed by atoms with Gasteiger partial charge in [0, 0.05) is 12.0 Å². The Labute approximate surface area is 111 Å². The normalized spacial score (nSPS) is 21.9. The maximum atomic E-state index is 12.4. The summed E-state index contributed by atoms with van der Waals surface area (Å²) in [4.78, 5) is 11.7. The Hall–Kier alpha value is -1.56. The zero-order chi connectivity index (χ0) is 13.7. The number of nitrogens with one attached hydrogen (secondary N) is 1. The van der Waals surface area contributed by atoms with E-state index in [1.807, 2.05) is 0 Å². The number of carbonyl (C=O) groups is 1. The lowest BCUT2D eigenvalue weighted by Gasteiger charge is -2.09. The molecule has 102 valence electrons. The third kappa shape index (κ3) is 2.10. The summed E-state index contributed by atoms with van der Waals surface area (Å²) < 4.78 is 29.5. The van der Waals surface area contributed by atoms with Gasteiger partial charge in [0.2, 0.25) is 0 Å². The Morgan fingerprint density at radius 3 is 2.74 bits per heavy atom. The minimum Gasteiger partial charge on any atom is -0.465 e. The average Bonchev–Trinajstić information content (AvgIpc) is 3.15. The van der Waals surface area contributed by atoms with E-state index < -0.39 is 15.8 Å². The zero-order valence-corrected chi connectivity index (χ0v) is 11.4. The Morgan fingerprint density at radius 2 is 2.11 bits per heavy atom. The molecule has 1 fully saturated rings. The number of rotatable bonds is 1. The molecule has 1 aromatic rings. The van der Waals surface area contributed by atoms with E-state index in [2.05, 4.69) is 10.1 Å². The summed E-state index contributed by atoms with van der Waals surface area (Å²) in [6, 6.07) is 4.63. The highest BCUT2D eigenvalue weighted by Crippen LogP contribution is 2.49. The van der Waals surface area contributed by atoms with Crippen LogP contribution in [0.15, 0.2) is 23.1 Å². The van der Waals surface area contributed by atoms with Crippen LogP contribution in [0.5, 0.6) is 0 Å². The van der Waals surface area contributed by atoms with Gasteiger partial charge in [-0.25, -0.2) is 13.2 Å². The molecule has 1 aliphatic heterocycles. The molecule has 1 saturated carbocycles. The monoisotopic (exact) mass is 281 g/mol. The van der Waals surface area contributed by atoms with Crippen LogP contribution in [-0.4, -0.2) is 33.8 Å². The van der Waals surface area contributed by atoms with Gasteiger partial charge < -0.3 is 10.1 Å². The van der Waals surface area contributed by atoms with Crippen molar-refractivity contribution in [1.29, 1.82) is 0 Å². The molecular formula is C13H15NO4S. The smallest absolute Gasteiger partial charge is 0.337 e. The van der Waals surface area contributed by atoms with Gasteiger partial charge in [0.1, 0.15) is 0 Å². The minimum atomic E-state index is -3.36. The summed E-state index contributed by atoms with van der Waals surface area (Å²) in [5.74, 6) is -0.367. The van der Waals surface area contributed by atoms with E-state index in [1.54, 1.807) is 12.1 Å². The van der Waals surface area contributed by atoms with Gasteiger partial charge in [-0.15, -0.1) is 0 Å². The fourth-order valence-electron chi connectivity index (χ4n) is 2.48. The number of anilines is 1. The van der Waals surface area contributed by atoms with Gasteiger partial charge in [-0.1, -0.05) is 0 Å². The van der Waals surface area contributed by atoms with Crippen molar-refractivity contribution in [2.24, 2.45) is 5.41 Å². The molecule has 0 unspecified atom stereocenters. The van der Waals surface area contributed by atoms with Crippen molar-refractivity contribution in [1.82, 2.24) is 0 Å². The zero-order valence-electron chi connectivity index (χ0n) is 10.6. The molecule has 1 N–H and O–H groups in total. The fourth-order valence-corrected chi connectivity index (χ4v) is 4.62. The second-order valence-corrected chi connectivity index (χ2v) is 7.27. The molecule has 0 saturated heterocycles. The minimum absolute atomic E-state index is 0.108. The van der Waals surface area contributed by atoms with Gasteiger partial charge in [0.15, 0.2) is 9.84 Å². The van der Waals surface area contributed by atoms with Crippen LogP contribution in [0.2, 0.25) is 0 Å². The Balaban J connectivity index is 2.09. The molecule has 5 nitrogen and oxygen atoms in total. The highest BCUT2D eigenvalue weighted by molar-refractivity contribution is 7.91. The third-order valence-corrected chi connectivity index (χ3v) is 5.85. The molecule has 0 aromatic heterocycles. The number of sulfone groups is 1. The molecule has 0 radical (unpaired) electrons. The van der Waals surface area contributed by atoms with Gasteiger partial charge in [0.05, 0.1) is 29.0 Å². The first-order valence-electron chi connectivity index (χ1n) is 6.15. The van der Waals surface area contributed by atoms with Crippen molar-refractivity contribution in [2.45, 2.75) is 17.7 Å². The summed E-state index contributed by atoms with van der Waals surface area (Å²) in [5, 5.41) is 3.19. The number of hydrogen-bond acceptors (Lipinski definition) is 5. The van der Waals surface area contributed by atoms with Gasteiger partial charge in [0.25, 0.3) is 0 Å². The summed E-state index contributed by atoms with van der Waals surface area (Å²) in [6.45, 7) is 0.677. The van der Waals surface area contributed by atoms with Crippen molar-refractivity contribution in [3.8, 4) is 0 Å². The lowest BCUT2D eigenvalue weighted by atomic mass is 10.1. The topological polar surface area (TPSA) is 72.5 Å². The van der Waals surface area contributed by atoms with Crippen molar-refractivity contribution < 1.29 is 17.9 Å². The van der Waals surface area contributed by atoms with Gasteiger partial charge >= 0.3 is 5.97 Å². The van der Waals surface area contributed by atoms with Crippen LogP contribution in [0.4, 0.5) is 5.69 Å². The van der Waals surface area contributed by atoms with E-state index in [1.165, 1.54) is 13.2 Å². The van der Waals surface area contributed by atoms with Crippen molar-refractivity contribution >= 4 is 21.5 Å². The first-order chi connectivity index (χ1) is 8.96. The maximum Gasteiger partial charge on any atom is 0.337 e. The molecule has 1 aromatic carbocycles. The quantitative estimate of drug-likeness (QED) is 0.789. The second-order valence-electron chi connectivity index (χ2n) is 5.32. The van der Waals surface area contributed by atoms with Crippen LogP contribution in [0.25, 0.3) is 0 Å². The van der Waals surface area contributed by atoms with Crippen molar-refractivity contribution in [2.75, 3.05) is 24.7 Å². The molecule has 1 heterocycles. The predicted molar refractivity (Wildman–Crippen MR) is 70.0 cm³/mol. The summed E-state index contributed by atoms with van der Waals surface area (Å²) in [6.07, 6.45) is 1.88. The van der Waals surface area contributed by atoms with Crippen LogP contribution in [0.3, 0.4) is 0 Å². The second kappa shape index (κ2) is 3.96. The molecule has 0 bridgehead atoms. The number of hydrogen-bond donors (Lipinski definition) is 1. The number of ether oxygens (including phenoxy) is 1. The number of methoxy groups -OCH3 is 1. The molecule has 19 heavy (non-hydrogen) atoms. The molecule has 2 aliphatic rings. The van der Waals surface area contributed by atoms with Gasteiger partial charge in [-0.3, -0.25) is 0 Å². The standard InChI is InChI=1S/C13H15NO4S/c1-18-12(15)9-2-3-10-11(6-9)19(16,17)8-13(4-5-13)7-14-10/h2-3,6,14H,4-5,7-8H2,1H3. The number of fused-ring (bicyclic) bond motifs is 1. The first-order valence-corrected chi connectivity index (χ1v) is 7.80. The number of esters is 1.